The van der Waals surface area contributed by atoms with Gasteiger partial charge in [0.2, 0.25) is 17.7 Å². The maximum Gasteiger partial charge on any atom is 0.329 e. The van der Waals surface area contributed by atoms with E-state index >= 15 is 0 Å². The van der Waals surface area contributed by atoms with Crippen molar-refractivity contribution < 1.29 is 24.3 Å². The highest BCUT2D eigenvalue weighted by Gasteiger charge is 2.41. The number of imide groups is 1. The largest absolute Gasteiger partial charge is 0.389 e. The molecule has 0 saturated carbocycles. The van der Waals surface area contributed by atoms with Gasteiger partial charge in [-0.25, -0.2) is 19.3 Å². The lowest BCUT2D eigenvalue weighted by Crippen LogP contribution is -2.52. The van der Waals surface area contributed by atoms with Gasteiger partial charge in [0.15, 0.2) is 5.82 Å². The molecule has 0 radical (unpaired) electrons. The highest BCUT2D eigenvalue weighted by Crippen LogP contribution is 2.38. The number of piperidine rings is 2. The van der Waals surface area contributed by atoms with E-state index in [0.29, 0.717) is 80.4 Å². The molecule has 0 bridgehead atoms. The van der Waals surface area contributed by atoms with Crippen LogP contribution in [0.5, 0.6) is 0 Å². The molecule has 0 spiro atoms. The molecular formula is C52H61ClN14O5. The van der Waals surface area contributed by atoms with Crippen LogP contribution in [0.1, 0.15) is 71.3 Å². The average molecular weight is 998 g/mol. The smallest absolute Gasteiger partial charge is 0.329 e. The summed E-state index contributed by atoms with van der Waals surface area (Å²) in [5.41, 5.74) is 5.35. The predicted octanol–water partition coefficient (Wildman–Crippen LogP) is 5.68. The Balaban J connectivity index is 0.00000640. The number of urea groups is 1. The predicted molar refractivity (Wildman–Crippen MR) is 277 cm³/mol. The lowest BCUT2D eigenvalue weighted by Gasteiger charge is -2.41. The van der Waals surface area contributed by atoms with Crippen molar-refractivity contribution in [2.75, 3.05) is 78.5 Å². The number of carbonyl (C=O) groups is 4. The Morgan fingerprint density at radius 3 is 2.19 bits per heavy atom. The van der Waals surface area contributed by atoms with E-state index in [0.717, 1.165) is 71.6 Å². The summed E-state index contributed by atoms with van der Waals surface area (Å²) in [6.45, 7) is 11.4. The van der Waals surface area contributed by atoms with Gasteiger partial charge >= 0.3 is 6.03 Å². The number of hydrogen-bond donors (Lipinski definition) is 3. The van der Waals surface area contributed by atoms with Gasteiger partial charge in [-0.3, -0.25) is 29.3 Å². The van der Waals surface area contributed by atoms with Crippen molar-refractivity contribution in [2.45, 2.75) is 77.4 Å². The summed E-state index contributed by atoms with van der Waals surface area (Å²) in [4.78, 5) is 71.1. The maximum atomic E-state index is 13.7. The number of benzene rings is 2. The van der Waals surface area contributed by atoms with Crippen LogP contribution in [0.3, 0.4) is 0 Å². The zero-order chi connectivity index (χ0) is 49.6. The van der Waals surface area contributed by atoms with Crippen LogP contribution in [-0.4, -0.2) is 134 Å². The monoisotopic (exact) mass is 996 g/mol. The van der Waals surface area contributed by atoms with Gasteiger partial charge in [-0.15, -0.1) is 12.4 Å². The quantitative estimate of drug-likeness (QED) is 0.143. The number of carbonyl (C=O) groups excluding carboxylic acids is 4. The normalized spacial score (nSPS) is 18.0. The fourth-order valence-electron chi connectivity index (χ4n) is 10.7. The number of hydrogen-bond acceptors (Lipinski definition) is 13. The zero-order valence-corrected chi connectivity index (χ0v) is 42.0. The summed E-state index contributed by atoms with van der Waals surface area (Å²) < 4.78 is 3.44. The van der Waals surface area contributed by atoms with Gasteiger partial charge in [0.1, 0.15) is 23.0 Å². The first-order valence-corrected chi connectivity index (χ1v) is 24.7. The average Bonchev–Trinajstić information content (AvgIpc) is 3.96. The third-order valence-corrected chi connectivity index (χ3v) is 15.1. The summed E-state index contributed by atoms with van der Waals surface area (Å²) in [6.07, 6.45) is 8.69. The molecular weight excluding hydrogens is 936 g/mol. The highest BCUT2D eigenvalue weighted by atomic mass is 35.5. The van der Waals surface area contributed by atoms with Gasteiger partial charge in [-0.1, -0.05) is 19.1 Å². The Morgan fingerprint density at radius 1 is 0.861 bits per heavy atom. The molecule has 0 unspecified atom stereocenters. The summed E-state index contributed by atoms with van der Waals surface area (Å²) in [5.74, 6) is 1.14. The molecule has 4 fully saturated rings. The van der Waals surface area contributed by atoms with Crippen molar-refractivity contribution in [3.8, 4) is 28.6 Å². The molecule has 72 heavy (non-hydrogen) atoms. The number of nitriles is 1. The number of fused-ring (bicyclic) bond motifs is 2. The van der Waals surface area contributed by atoms with Crippen LogP contribution >= 0.6 is 12.4 Å². The van der Waals surface area contributed by atoms with Crippen LogP contribution in [0.15, 0.2) is 73.2 Å². The van der Waals surface area contributed by atoms with Crippen LogP contribution in [0.2, 0.25) is 0 Å². The van der Waals surface area contributed by atoms with Gasteiger partial charge in [-0.05, 0) is 88.4 Å². The fourth-order valence-corrected chi connectivity index (χ4v) is 10.7. The minimum atomic E-state index is -1.10. The van der Waals surface area contributed by atoms with Gasteiger partial charge < -0.3 is 30.0 Å². The third kappa shape index (κ3) is 9.60. The molecule has 19 nitrogen and oxygen atoms in total. The Hall–Kier alpha value is -7.30. The van der Waals surface area contributed by atoms with E-state index in [1.54, 1.807) is 21.6 Å². The first kappa shape index (κ1) is 49.7. The fraction of sp³-hybridized carbons (Fsp3) is 0.442. The zero-order valence-electron chi connectivity index (χ0n) is 41.2. The first-order valence-electron chi connectivity index (χ1n) is 24.7. The topological polar surface area (TPSA) is 213 Å². The second-order valence-electron chi connectivity index (χ2n) is 19.8. The molecule has 8 heterocycles. The Bertz CT molecular complexity index is 3050. The van der Waals surface area contributed by atoms with Crippen molar-refractivity contribution in [1.29, 1.82) is 5.26 Å². The first-order chi connectivity index (χ1) is 34.2. The van der Waals surface area contributed by atoms with E-state index < -0.39 is 11.6 Å². The van der Waals surface area contributed by atoms with Gasteiger partial charge in [0.25, 0.3) is 0 Å². The molecule has 20 heteroatoms. The number of rotatable bonds is 11. The van der Waals surface area contributed by atoms with E-state index in [2.05, 4.69) is 60.7 Å². The summed E-state index contributed by atoms with van der Waals surface area (Å²) in [7, 11) is 1.83. The van der Waals surface area contributed by atoms with Gasteiger partial charge in [-0.2, -0.15) is 15.5 Å². The van der Waals surface area contributed by atoms with Crippen molar-refractivity contribution in [3.05, 3.63) is 78.8 Å². The van der Waals surface area contributed by atoms with E-state index in [-0.39, 0.29) is 61.0 Å². The molecule has 376 valence electrons. The molecule has 0 aliphatic carbocycles. The molecule has 5 amide bonds. The second kappa shape index (κ2) is 20.1. The minimum Gasteiger partial charge on any atom is -0.389 e. The molecule has 3 N–H and O–H groups in total. The number of amides is 5. The van der Waals surface area contributed by atoms with E-state index in [1.165, 1.54) is 4.90 Å². The number of aliphatic hydroxyl groups is 1. The van der Waals surface area contributed by atoms with Crippen LogP contribution in [0, 0.1) is 16.7 Å². The number of halogens is 1. The van der Waals surface area contributed by atoms with E-state index in [9.17, 15) is 29.5 Å². The Morgan fingerprint density at radius 2 is 1.54 bits per heavy atom. The third-order valence-electron chi connectivity index (χ3n) is 15.1. The number of anilines is 4. The van der Waals surface area contributed by atoms with Crippen LogP contribution in [0.25, 0.3) is 38.9 Å². The van der Waals surface area contributed by atoms with Crippen molar-refractivity contribution in [3.63, 3.8) is 0 Å². The molecule has 4 saturated heterocycles. The van der Waals surface area contributed by atoms with Crippen molar-refractivity contribution in [2.24, 2.45) is 12.5 Å². The van der Waals surface area contributed by atoms with E-state index in [1.807, 2.05) is 74.5 Å². The number of aromatic nitrogens is 6. The molecule has 4 aromatic heterocycles. The summed E-state index contributed by atoms with van der Waals surface area (Å²) in [5, 5.41) is 37.1. The van der Waals surface area contributed by atoms with Crippen LogP contribution < -0.4 is 30.2 Å². The molecule has 2 aromatic carbocycles. The molecule has 6 aromatic rings. The number of nitrogens with one attached hydrogen (secondary N) is 2. The maximum absolute atomic E-state index is 13.7. The minimum absolute atomic E-state index is 0. The number of pyridine rings is 1. The van der Waals surface area contributed by atoms with Gasteiger partial charge in [0.05, 0.1) is 46.7 Å². The molecule has 0 atom stereocenters. The van der Waals surface area contributed by atoms with Crippen LogP contribution in [0.4, 0.5) is 27.8 Å². The number of aryl methyl sites for hydroxylation is 1. The Labute approximate surface area is 424 Å². The highest BCUT2D eigenvalue weighted by molar-refractivity contribution is 6.09. The number of piperazine rings is 1. The lowest BCUT2D eigenvalue weighted by molar-refractivity contribution is -0.137. The van der Waals surface area contributed by atoms with Crippen molar-refractivity contribution in [1.82, 2.24) is 44.9 Å². The molecule has 4 aliphatic rings. The second-order valence-corrected chi connectivity index (χ2v) is 19.8. The van der Waals surface area contributed by atoms with Crippen molar-refractivity contribution >= 4 is 75.6 Å². The SMILES string of the molecule is CCC1(C(=O)NC(C)C)CCN(c2ccc(-c3nc(-c4ccc(N5CCN(C(=O)CC6(O)CCN(c7ccc8c(N9CCC(=O)NC9=O)nn(C)c8c7)CC6)CC5)cc4)cn4ncc(C#N)c34)cn2)CC1.Cl. The molecule has 4 aliphatic heterocycles. The van der Waals surface area contributed by atoms with Gasteiger partial charge in [0, 0.05) is 112 Å². The molecule has 10 rings (SSSR count). The van der Waals surface area contributed by atoms with E-state index in [4.69, 9.17) is 9.97 Å². The standard InChI is InChI=1S/C52H60N14O5.ClH/c1-5-51(49(69)56-34(2)3)15-20-63(21-16-51)43-13-8-36(31-54-43)46-47-37(30-53)32-55-66(47)33-41(57-46)35-6-9-38(10-7-35)62-24-26-64(27-25-62)45(68)29-52(71)17-22-61(23-18-52)39-11-12-40-42(28-39)60(4)59-48(40)65-19-14-44(67)58-50(65)70;/h6-13,28,31-34,71H,5,14-27,29H2,1-4H3,(H,56,69)(H,58,67,70);1H. The summed E-state index contributed by atoms with van der Waals surface area (Å²) >= 11 is 0. The number of nitrogens with zero attached hydrogens (tertiary/aromatic N) is 12. The lowest BCUT2D eigenvalue weighted by atomic mass is 9.75. The van der Waals surface area contributed by atoms with Crippen LogP contribution in [-0.2, 0) is 21.4 Å². The summed E-state index contributed by atoms with van der Waals surface area (Å²) in [6, 6.07) is 20.0. The Kier molecular flexibility index (Phi) is 13.8.